The Hall–Kier alpha value is -0.900. The van der Waals surface area contributed by atoms with Crippen molar-refractivity contribution >= 4 is 0 Å². The summed E-state index contributed by atoms with van der Waals surface area (Å²) in [5.41, 5.74) is 4.36. The van der Waals surface area contributed by atoms with Crippen LogP contribution in [-0.2, 0) is 24.1 Å². The van der Waals surface area contributed by atoms with Crippen LogP contribution in [0.3, 0.4) is 0 Å². The molecule has 1 aromatic rings. The number of aryl methyl sites for hydroxylation is 2. The van der Waals surface area contributed by atoms with Gasteiger partial charge in [-0.1, -0.05) is 18.2 Å². The summed E-state index contributed by atoms with van der Waals surface area (Å²) >= 11 is 0. The zero-order valence-electron chi connectivity index (χ0n) is 11.4. The third kappa shape index (κ3) is 3.55. The molecule has 0 heterocycles. The Morgan fingerprint density at radius 3 is 2.89 bits per heavy atom. The summed E-state index contributed by atoms with van der Waals surface area (Å²) in [5.74, 6) is 0. The van der Waals surface area contributed by atoms with Crippen LogP contribution in [0.1, 0.15) is 23.1 Å². The second-order valence-corrected chi connectivity index (χ2v) is 5.26. The number of nitrogens with zero attached hydrogens (tertiary/aromatic N) is 1. The highest BCUT2D eigenvalue weighted by atomic mass is 16.5. The average Bonchev–Trinajstić information content (AvgIpc) is 2.76. The molecular formula is C15H23NO2. The van der Waals surface area contributed by atoms with E-state index in [4.69, 9.17) is 4.74 Å². The maximum absolute atomic E-state index is 9.69. The van der Waals surface area contributed by atoms with Crippen molar-refractivity contribution in [1.82, 2.24) is 4.90 Å². The van der Waals surface area contributed by atoms with E-state index < -0.39 is 6.10 Å². The molecule has 1 atom stereocenters. The number of aliphatic hydroxyl groups excluding tert-OH is 1. The third-order valence-corrected chi connectivity index (χ3v) is 3.50. The summed E-state index contributed by atoms with van der Waals surface area (Å²) in [6, 6.07) is 6.79. The van der Waals surface area contributed by atoms with Crippen molar-refractivity contribution in [3.05, 3.63) is 34.9 Å². The average molecular weight is 249 g/mol. The van der Waals surface area contributed by atoms with Gasteiger partial charge in [-0.05, 0) is 43.0 Å². The lowest BCUT2D eigenvalue weighted by molar-refractivity contribution is 0.0419. The Bertz CT molecular complexity index is 392. The highest BCUT2D eigenvalue weighted by Crippen LogP contribution is 2.23. The zero-order valence-corrected chi connectivity index (χ0v) is 11.4. The molecule has 100 valence electrons. The van der Waals surface area contributed by atoms with Gasteiger partial charge in [0, 0.05) is 20.2 Å². The van der Waals surface area contributed by atoms with E-state index in [2.05, 4.69) is 23.1 Å². The maximum atomic E-state index is 9.69. The SMILES string of the molecule is COCC(O)CN(C)Cc1ccc2c(c1)CCC2. The number of likely N-dealkylation sites (N-methyl/N-ethyl adjacent to an activating group) is 1. The number of hydrogen-bond acceptors (Lipinski definition) is 3. The first-order valence-corrected chi connectivity index (χ1v) is 6.65. The molecule has 1 N–H and O–H groups in total. The molecule has 0 fully saturated rings. The fourth-order valence-electron chi connectivity index (χ4n) is 2.70. The minimum absolute atomic E-state index is 0.397. The lowest BCUT2D eigenvalue weighted by atomic mass is 10.1. The first-order valence-electron chi connectivity index (χ1n) is 6.65. The van der Waals surface area contributed by atoms with Crippen LogP contribution in [-0.4, -0.2) is 43.4 Å². The van der Waals surface area contributed by atoms with E-state index >= 15 is 0 Å². The topological polar surface area (TPSA) is 32.7 Å². The van der Waals surface area contributed by atoms with Gasteiger partial charge in [0.25, 0.3) is 0 Å². The van der Waals surface area contributed by atoms with Crippen molar-refractivity contribution in [3.8, 4) is 0 Å². The molecule has 0 saturated heterocycles. The summed E-state index contributed by atoms with van der Waals surface area (Å²) in [5, 5.41) is 9.69. The second-order valence-electron chi connectivity index (χ2n) is 5.26. The van der Waals surface area contributed by atoms with Gasteiger partial charge in [-0.2, -0.15) is 0 Å². The molecule has 1 aliphatic carbocycles. The second kappa shape index (κ2) is 6.32. The van der Waals surface area contributed by atoms with Crippen molar-refractivity contribution in [2.45, 2.75) is 31.9 Å². The molecular weight excluding hydrogens is 226 g/mol. The molecule has 0 bridgehead atoms. The van der Waals surface area contributed by atoms with Crippen LogP contribution in [0.5, 0.6) is 0 Å². The first-order chi connectivity index (χ1) is 8.69. The van der Waals surface area contributed by atoms with Crippen LogP contribution >= 0.6 is 0 Å². The Balaban J connectivity index is 1.89. The van der Waals surface area contributed by atoms with E-state index in [-0.39, 0.29) is 0 Å². The Kier molecular flexibility index (Phi) is 4.75. The normalized spacial score (nSPS) is 16.0. The number of fused-ring (bicyclic) bond motifs is 1. The molecule has 3 nitrogen and oxygen atoms in total. The van der Waals surface area contributed by atoms with Gasteiger partial charge in [0.05, 0.1) is 12.7 Å². The molecule has 1 aliphatic rings. The zero-order chi connectivity index (χ0) is 13.0. The molecule has 2 rings (SSSR count). The number of aliphatic hydroxyl groups is 1. The minimum atomic E-state index is -0.408. The van der Waals surface area contributed by atoms with Gasteiger partial charge >= 0.3 is 0 Å². The Morgan fingerprint density at radius 1 is 1.33 bits per heavy atom. The van der Waals surface area contributed by atoms with Crippen molar-refractivity contribution < 1.29 is 9.84 Å². The van der Waals surface area contributed by atoms with Crippen molar-refractivity contribution in [3.63, 3.8) is 0 Å². The lowest BCUT2D eigenvalue weighted by Gasteiger charge is -2.20. The van der Waals surface area contributed by atoms with Gasteiger partial charge in [0.2, 0.25) is 0 Å². The van der Waals surface area contributed by atoms with Crippen LogP contribution in [0.15, 0.2) is 18.2 Å². The number of rotatable bonds is 6. The van der Waals surface area contributed by atoms with E-state index in [1.807, 2.05) is 7.05 Å². The van der Waals surface area contributed by atoms with Gasteiger partial charge in [0.15, 0.2) is 0 Å². The fourth-order valence-corrected chi connectivity index (χ4v) is 2.70. The molecule has 1 unspecified atom stereocenters. The molecule has 0 saturated carbocycles. The smallest absolute Gasteiger partial charge is 0.0900 e. The highest BCUT2D eigenvalue weighted by Gasteiger charge is 2.12. The Labute approximate surface area is 109 Å². The number of methoxy groups -OCH3 is 1. The molecule has 0 aliphatic heterocycles. The number of hydrogen-bond donors (Lipinski definition) is 1. The number of benzene rings is 1. The Morgan fingerprint density at radius 2 is 2.11 bits per heavy atom. The van der Waals surface area contributed by atoms with E-state index in [0.717, 1.165) is 6.54 Å². The molecule has 0 aromatic heterocycles. The highest BCUT2D eigenvalue weighted by molar-refractivity contribution is 5.35. The van der Waals surface area contributed by atoms with Crippen molar-refractivity contribution in [1.29, 1.82) is 0 Å². The largest absolute Gasteiger partial charge is 0.389 e. The molecule has 0 radical (unpaired) electrons. The molecule has 0 spiro atoms. The van der Waals surface area contributed by atoms with Gasteiger partial charge in [-0.3, -0.25) is 4.90 Å². The van der Waals surface area contributed by atoms with E-state index in [1.165, 1.54) is 36.0 Å². The predicted octanol–water partition coefficient (Wildman–Crippen LogP) is 1.61. The maximum Gasteiger partial charge on any atom is 0.0900 e. The summed E-state index contributed by atoms with van der Waals surface area (Å²) < 4.78 is 4.94. The standard InChI is InChI=1S/C15H23NO2/c1-16(10-15(17)11-18-2)9-12-6-7-13-4-3-5-14(13)8-12/h6-8,15,17H,3-5,9-11H2,1-2H3. The predicted molar refractivity (Wildman–Crippen MR) is 72.7 cm³/mol. The summed E-state index contributed by atoms with van der Waals surface area (Å²) in [7, 11) is 3.65. The summed E-state index contributed by atoms with van der Waals surface area (Å²) in [6.45, 7) is 1.92. The van der Waals surface area contributed by atoms with Gasteiger partial charge in [-0.25, -0.2) is 0 Å². The van der Waals surface area contributed by atoms with E-state index in [1.54, 1.807) is 7.11 Å². The summed E-state index contributed by atoms with van der Waals surface area (Å²) in [6.07, 6.45) is 3.34. The fraction of sp³-hybridized carbons (Fsp3) is 0.600. The molecule has 18 heavy (non-hydrogen) atoms. The van der Waals surface area contributed by atoms with Crippen LogP contribution in [0.4, 0.5) is 0 Å². The molecule has 1 aromatic carbocycles. The van der Waals surface area contributed by atoms with E-state index in [0.29, 0.717) is 13.2 Å². The van der Waals surface area contributed by atoms with E-state index in [9.17, 15) is 5.11 Å². The molecule has 3 heteroatoms. The van der Waals surface area contributed by atoms with Crippen molar-refractivity contribution in [2.24, 2.45) is 0 Å². The van der Waals surface area contributed by atoms with Crippen LogP contribution in [0.25, 0.3) is 0 Å². The number of ether oxygens (including phenoxy) is 1. The minimum Gasteiger partial charge on any atom is -0.389 e. The summed E-state index contributed by atoms with van der Waals surface area (Å²) in [4.78, 5) is 2.14. The quantitative estimate of drug-likeness (QED) is 0.831. The van der Waals surface area contributed by atoms with Crippen LogP contribution in [0.2, 0.25) is 0 Å². The first kappa shape index (κ1) is 13.5. The monoisotopic (exact) mass is 249 g/mol. The van der Waals surface area contributed by atoms with Gasteiger partial charge in [-0.15, -0.1) is 0 Å². The lowest BCUT2D eigenvalue weighted by Crippen LogP contribution is -2.31. The van der Waals surface area contributed by atoms with Gasteiger partial charge in [0.1, 0.15) is 0 Å². The van der Waals surface area contributed by atoms with Crippen LogP contribution < -0.4 is 0 Å². The van der Waals surface area contributed by atoms with Crippen LogP contribution in [0, 0.1) is 0 Å². The van der Waals surface area contributed by atoms with Crippen molar-refractivity contribution in [2.75, 3.05) is 27.3 Å². The van der Waals surface area contributed by atoms with Gasteiger partial charge < -0.3 is 9.84 Å². The third-order valence-electron chi connectivity index (χ3n) is 3.50. The molecule has 0 amide bonds.